The normalized spacial score (nSPS) is 34.9. The second-order valence-corrected chi connectivity index (χ2v) is 8.77. The van der Waals surface area contributed by atoms with Crippen LogP contribution in [-0.4, -0.2) is 46.5 Å². The summed E-state index contributed by atoms with van der Waals surface area (Å²) in [5.41, 5.74) is -0.0612. The van der Waals surface area contributed by atoms with Gasteiger partial charge >= 0.3 is 0 Å². The number of anilines is 1. The van der Waals surface area contributed by atoms with Crippen molar-refractivity contribution in [3.05, 3.63) is 44.4 Å². The molecule has 1 aliphatic heterocycles. The largest absolute Gasteiger partial charge is 0.350 e. The van der Waals surface area contributed by atoms with Crippen molar-refractivity contribution in [1.82, 2.24) is 0 Å². The molecule has 0 aromatic heterocycles. The van der Waals surface area contributed by atoms with Crippen LogP contribution in [0.3, 0.4) is 0 Å². The zero-order valence-electron chi connectivity index (χ0n) is 14.8. The van der Waals surface area contributed by atoms with Crippen molar-refractivity contribution in [3.8, 4) is 0 Å². The van der Waals surface area contributed by atoms with E-state index in [2.05, 4.69) is 0 Å². The lowest BCUT2D eigenvalue weighted by Crippen LogP contribution is -2.60. The summed E-state index contributed by atoms with van der Waals surface area (Å²) < 4.78 is 11.0. The Morgan fingerprint density at radius 2 is 1.38 bits per heavy atom. The molecule has 1 aromatic rings. The van der Waals surface area contributed by atoms with Crippen LogP contribution < -0.4 is 4.90 Å². The third kappa shape index (κ3) is 2.05. The van der Waals surface area contributed by atoms with E-state index in [1.54, 1.807) is 0 Å². The summed E-state index contributed by atoms with van der Waals surface area (Å²) in [5, 5.41) is 10.6. The second-order valence-electron chi connectivity index (χ2n) is 6.82. The number of hydrogen-bond donors (Lipinski definition) is 0. The quantitative estimate of drug-likeness (QED) is 0.215. The van der Waals surface area contributed by atoms with E-state index in [1.807, 2.05) is 0 Å². The first-order valence-corrected chi connectivity index (χ1v) is 9.72. The Morgan fingerprint density at radius 3 is 1.72 bits per heavy atom. The number of hydrogen-bond acceptors (Lipinski definition) is 6. The molecule has 0 unspecified atom stereocenters. The minimum absolute atomic E-state index is 0.132. The van der Waals surface area contributed by atoms with Gasteiger partial charge in [-0.3, -0.25) is 19.7 Å². The highest BCUT2D eigenvalue weighted by molar-refractivity contribution is 6.54. The summed E-state index contributed by atoms with van der Waals surface area (Å²) >= 11 is 26.4. The highest BCUT2D eigenvalue weighted by Crippen LogP contribution is 2.75. The molecule has 2 fully saturated rings. The number of ether oxygens (including phenoxy) is 2. The van der Waals surface area contributed by atoms with Gasteiger partial charge in [0.05, 0.1) is 32.5 Å². The molecule has 2 bridgehead atoms. The van der Waals surface area contributed by atoms with E-state index in [1.165, 1.54) is 38.5 Å². The first-order valence-electron chi connectivity index (χ1n) is 8.21. The maximum atomic E-state index is 13.3. The molecule has 1 aromatic carbocycles. The molecule has 0 radical (unpaired) electrons. The summed E-state index contributed by atoms with van der Waals surface area (Å²) in [6.45, 7) is 0. The standard InChI is InChI=1S/C17H12Cl4N2O6/c1-28-17(29-2)15(20)9-10(16(17,21)12(19)11(15)18)14(25)22(13(9)24)7-3-5-8(6-4-7)23(26)27/h3-6,9-10H,1-2H3/t9-,10-,15-,16+/m1/s1. The molecule has 4 atom stereocenters. The Kier molecular flexibility index (Phi) is 4.52. The lowest BCUT2D eigenvalue weighted by Gasteiger charge is -2.42. The second kappa shape index (κ2) is 6.29. The predicted molar refractivity (Wildman–Crippen MR) is 105 cm³/mol. The third-order valence-corrected chi connectivity index (χ3v) is 8.46. The number of nitro groups is 1. The van der Waals surface area contributed by atoms with Crippen LogP contribution in [0, 0.1) is 22.0 Å². The first-order chi connectivity index (χ1) is 13.5. The van der Waals surface area contributed by atoms with Gasteiger partial charge in [0.1, 0.15) is 9.75 Å². The number of carbonyl (C=O) groups is 2. The molecule has 1 heterocycles. The lowest BCUT2D eigenvalue weighted by atomic mass is 9.84. The van der Waals surface area contributed by atoms with Gasteiger partial charge in [0.25, 0.3) is 5.69 Å². The fourth-order valence-electron chi connectivity index (χ4n) is 4.68. The number of imide groups is 1. The van der Waals surface area contributed by atoms with E-state index in [9.17, 15) is 19.7 Å². The van der Waals surface area contributed by atoms with Crippen LogP contribution >= 0.6 is 46.4 Å². The van der Waals surface area contributed by atoms with Crippen LogP contribution in [0.15, 0.2) is 34.3 Å². The fraction of sp³-hybridized carbons (Fsp3) is 0.412. The number of benzene rings is 1. The fourth-order valence-corrected chi connectivity index (χ4v) is 6.84. The number of halogens is 4. The van der Waals surface area contributed by atoms with Gasteiger partial charge in [-0.1, -0.05) is 23.2 Å². The number of carbonyl (C=O) groups excluding carboxylic acids is 2. The summed E-state index contributed by atoms with van der Waals surface area (Å²) in [4.78, 5) is 34.1. The van der Waals surface area contributed by atoms with E-state index in [-0.39, 0.29) is 21.4 Å². The summed E-state index contributed by atoms with van der Waals surface area (Å²) in [7, 11) is 2.53. The number of rotatable bonds is 4. The van der Waals surface area contributed by atoms with Crippen molar-refractivity contribution in [2.75, 3.05) is 19.1 Å². The molecule has 29 heavy (non-hydrogen) atoms. The molecule has 2 aliphatic carbocycles. The number of non-ortho nitro benzene ring substituents is 1. The number of amides is 2. The van der Waals surface area contributed by atoms with E-state index in [0.29, 0.717) is 0 Å². The van der Waals surface area contributed by atoms with Gasteiger partial charge < -0.3 is 9.47 Å². The highest BCUT2D eigenvalue weighted by atomic mass is 35.5. The minimum atomic E-state index is -1.86. The zero-order valence-corrected chi connectivity index (χ0v) is 17.8. The van der Waals surface area contributed by atoms with E-state index < -0.39 is 44.1 Å². The van der Waals surface area contributed by atoms with Crippen molar-refractivity contribution in [3.63, 3.8) is 0 Å². The molecule has 0 spiro atoms. The molecule has 1 saturated heterocycles. The Hall–Kier alpha value is -1.42. The SMILES string of the molecule is COC1(OC)[C@@]2(Cl)C(Cl)=C(Cl)[C@]1(Cl)[C@H]1C(=O)N(c3ccc([N+](=O)[O-])cc3)C(=O)[C@@H]12. The third-order valence-electron chi connectivity index (χ3n) is 5.85. The van der Waals surface area contributed by atoms with Gasteiger partial charge in [0.15, 0.2) is 0 Å². The van der Waals surface area contributed by atoms with Gasteiger partial charge in [-0.2, -0.15) is 0 Å². The number of nitro benzene ring substituents is 1. The van der Waals surface area contributed by atoms with E-state index in [4.69, 9.17) is 55.9 Å². The van der Waals surface area contributed by atoms with Crippen molar-refractivity contribution < 1.29 is 24.0 Å². The molecule has 8 nitrogen and oxygen atoms in total. The molecule has 12 heteroatoms. The van der Waals surface area contributed by atoms with Crippen LogP contribution in [0.25, 0.3) is 0 Å². The van der Waals surface area contributed by atoms with Crippen molar-refractivity contribution in [2.45, 2.75) is 15.5 Å². The van der Waals surface area contributed by atoms with Gasteiger partial charge in [-0.05, 0) is 12.1 Å². The maximum absolute atomic E-state index is 13.3. The topological polar surface area (TPSA) is 99.0 Å². The Balaban J connectivity index is 1.87. The average molecular weight is 482 g/mol. The Bertz CT molecular complexity index is 948. The van der Waals surface area contributed by atoms with Crippen LogP contribution in [0.1, 0.15) is 0 Å². The lowest BCUT2D eigenvalue weighted by molar-refractivity contribution is -0.384. The number of fused-ring (bicyclic) bond motifs is 5. The predicted octanol–water partition coefficient (Wildman–Crippen LogP) is 3.36. The summed E-state index contributed by atoms with van der Waals surface area (Å²) in [5.74, 6) is -5.68. The van der Waals surface area contributed by atoms with Gasteiger partial charge in [0, 0.05) is 26.4 Å². The molecule has 4 rings (SSSR count). The highest BCUT2D eigenvalue weighted by Gasteiger charge is 2.89. The molecule has 3 aliphatic rings. The van der Waals surface area contributed by atoms with Crippen molar-refractivity contribution in [2.24, 2.45) is 11.8 Å². The Morgan fingerprint density at radius 1 is 0.966 bits per heavy atom. The van der Waals surface area contributed by atoms with Gasteiger partial charge in [0.2, 0.25) is 17.6 Å². The number of alkyl halides is 2. The van der Waals surface area contributed by atoms with E-state index >= 15 is 0 Å². The van der Waals surface area contributed by atoms with Crippen molar-refractivity contribution in [1.29, 1.82) is 0 Å². The zero-order chi connectivity index (χ0) is 21.5. The molecule has 1 saturated carbocycles. The number of methoxy groups -OCH3 is 2. The van der Waals surface area contributed by atoms with Crippen LogP contribution in [-0.2, 0) is 19.1 Å². The van der Waals surface area contributed by atoms with Crippen LogP contribution in [0.5, 0.6) is 0 Å². The summed E-state index contributed by atoms with van der Waals surface area (Å²) in [6.07, 6.45) is 0. The molecular formula is C17H12Cl4N2O6. The minimum Gasteiger partial charge on any atom is -0.350 e. The van der Waals surface area contributed by atoms with Gasteiger partial charge in [-0.25, -0.2) is 4.90 Å². The summed E-state index contributed by atoms with van der Waals surface area (Å²) in [6, 6.07) is 4.93. The molecule has 154 valence electrons. The molecule has 0 N–H and O–H groups in total. The van der Waals surface area contributed by atoms with Crippen molar-refractivity contribution >= 4 is 69.6 Å². The number of nitrogens with zero attached hydrogens (tertiary/aromatic N) is 2. The smallest absolute Gasteiger partial charge is 0.269 e. The van der Waals surface area contributed by atoms with Crippen LogP contribution in [0.2, 0.25) is 0 Å². The molecule has 2 amide bonds. The average Bonchev–Trinajstić information content (AvgIpc) is 3.12. The monoisotopic (exact) mass is 480 g/mol. The van der Waals surface area contributed by atoms with Gasteiger partial charge in [-0.15, -0.1) is 23.2 Å². The van der Waals surface area contributed by atoms with Crippen LogP contribution in [0.4, 0.5) is 11.4 Å². The Labute approximate surface area is 184 Å². The first kappa shape index (κ1) is 20.8. The van der Waals surface area contributed by atoms with E-state index in [0.717, 1.165) is 4.90 Å². The maximum Gasteiger partial charge on any atom is 0.269 e. The molecular weight excluding hydrogens is 470 g/mol.